The van der Waals surface area contributed by atoms with Crippen LogP contribution in [-0.4, -0.2) is 48.0 Å². The molecule has 0 unspecified atom stereocenters. The van der Waals surface area contributed by atoms with Crippen LogP contribution in [0.4, 0.5) is 19.6 Å². The van der Waals surface area contributed by atoms with E-state index >= 15 is 0 Å². The van der Waals surface area contributed by atoms with Gasteiger partial charge in [0.1, 0.15) is 10.6 Å². The molecule has 3 amide bonds. The van der Waals surface area contributed by atoms with E-state index < -0.39 is 5.60 Å². The Morgan fingerprint density at radius 1 is 0.921 bits per heavy atom. The highest BCUT2D eigenvalue weighted by molar-refractivity contribution is 7.17. The van der Waals surface area contributed by atoms with Crippen molar-refractivity contribution in [2.75, 3.05) is 29.9 Å². The molecule has 2 aliphatic heterocycles. The number of fused-ring (bicyclic) bond motifs is 2. The summed E-state index contributed by atoms with van der Waals surface area (Å²) in [6.07, 6.45) is 6.89. The summed E-state index contributed by atoms with van der Waals surface area (Å²) in [6.45, 7) is 10.8. The van der Waals surface area contributed by atoms with Gasteiger partial charge in [-0.05, 0) is 83.8 Å². The standard InChI is InChI=1S/C28H38N4O4S2/c1-17(33)23-19-9-5-6-10-21(19)37-24(23)30-26(34)29-15-20-18-11-14-32(27(35)36-28(2,3)4)16-22(18)38-25(20)31-12-7-8-13-31/h5-16H2,1-4H3,(H2,29,30,34). The lowest BCUT2D eigenvalue weighted by molar-refractivity contribution is 0.0226. The molecular formula is C28H38N4O4S2. The molecule has 0 saturated carbocycles. The van der Waals surface area contributed by atoms with Gasteiger partial charge in [0.25, 0.3) is 0 Å². The average molecular weight is 559 g/mol. The first-order valence-electron chi connectivity index (χ1n) is 13.7. The van der Waals surface area contributed by atoms with Crippen LogP contribution in [0.25, 0.3) is 0 Å². The fraction of sp³-hybridized carbons (Fsp3) is 0.607. The first-order chi connectivity index (χ1) is 18.1. The van der Waals surface area contributed by atoms with Crippen molar-refractivity contribution in [2.24, 2.45) is 0 Å². The zero-order chi connectivity index (χ0) is 27.0. The van der Waals surface area contributed by atoms with E-state index in [2.05, 4.69) is 15.5 Å². The predicted octanol–water partition coefficient (Wildman–Crippen LogP) is 6.11. The van der Waals surface area contributed by atoms with Gasteiger partial charge in [0.05, 0.1) is 17.1 Å². The zero-order valence-corrected chi connectivity index (χ0v) is 24.5. The summed E-state index contributed by atoms with van der Waals surface area (Å²) in [6, 6.07) is -0.287. The number of Topliss-reactive ketones (excluding diaryl/α,β-unsaturated/α-hetero) is 1. The third-order valence-electron chi connectivity index (χ3n) is 7.37. The Bertz CT molecular complexity index is 1240. The van der Waals surface area contributed by atoms with Gasteiger partial charge in [-0.25, -0.2) is 9.59 Å². The molecule has 206 valence electrons. The van der Waals surface area contributed by atoms with E-state index in [1.165, 1.54) is 20.3 Å². The molecule has 0 aromatic carbocycles. The van der Waals surface area contributed by atoms with E-state index in [-0.39, 0.29) is 17.9 Å². The summed E-state index contributed by atoms with van der Waals surface area (Å²) in [5.74, 6) is 0.0115. The quantitative estimate of drug-likeness (QED) is 0.433. The molecule has 2 aromatic rings. The second-order valence-electron chi connectivity index (χ2n) is 11.4. The molecule has 10 heteroatoms. The molecule has 0 spiro atoms. The molecule has 0 atom stereocenters. The van der Waals surface area contributed by atoms with Gasteiger partial charge in [0, 0.05) is 41.5 Å². The number of hydrogen-bond donors (Lipinski definition) is 2. The highest BCUT2D eigenvalue weighted by atomic mass is 32.1. The van der Waals surface area contributed by atoms with Crippen molar-refractivity contribution in [3.8, 4) is 0 Å². The largest absolute Gasteiger partial charge is 0.444 e. The highest BCUT2D eigenvalue weighted by Crippen LogP contribution is 2.41. The third-order valence-corrected chi connectivity index (χ3v) is 9.89. The minimum absolute atomic E-state index is 0.0115. The number of carbonyl (C=O) groups excluding carboxylic acids is 3. The topological polar surface area (TPSA) is 91.0 Å². The molecule has 3 aliphatic rings. The second-order valence-corrected chi connectivity index (χ2v) is 13.6. The van der Waals surface area contributed by atoms with Gasteiger partial charge >= 0.3 is 12.1 Å². The van der Waals surface area contributed by atoms with Crippen LogP contribution in [0.2, 0.25) is 0 Å². The van der Waals surface area contributed by atoms with E-state index in [0.717, 1.165) is 69.2 Å². The molecule has 0 bridgehead atoms. The first-order valence-corrected chi connectivity index (χ1v) is 15.3. The minimum Gasteiger partial charge on any atom is -0.444 e. The molecule has 1 saturated heterocycles. The Balaban J connectivity index is 1.32. The maximum atomic E-state index is 13.1. The molecule has 2 aromatic heterocycles. The number of thiophene rings is 2. The predicted molar refractivity (Wildman–Crippen MR) is 153 cm³/mol. The van der Waals surface area contributed by atoms with Gasteiger partial charge < -0.3 is 19.9 Å². The average Bonchev–Trinajstić information content (AvgIpc) is 3.57. The monoisotopic (exact) mass is 558 g/mol. The van der Waals surface area contributed by atoms with E-state index in [4.69, 9.17) is 4.74 Å². The van der Waals surface area contributed by atoms with Crippen molar-refractivity contribution < 1.29 is 19.1 Å². The van der Waals surface area contributed by atoms with E-state index in [1.807, 2.05) is 20.8 Å². The second kappa shape index (κ2) is 10.9. The molecule has 2 N–H and O–H groups in total. The normalized spacial score (nSPS) is 17.2. The van der Waals surface area contributed by atoms with Crippen molar-refractivity contribution in [1.29, 1.82) is 0 Å². The molecule has 0 radical (unpaired) electrons. The van der Waals surface area contributed by atoms with Crippen molar-refractivity contribution in [3.05, 3.63) is 32.0 Å². The van der Waals surface area contributed by atoms with Gasteiger partial charge in [-0.2, -0.15) is 0 Å². The van der Waals surface area contributed by atoms with E-state index in [9.17, 15) is 14.4 Å². The number of aryl methyl sites for hydroxylation is 1. The fourth-order valence-corrected chi connectivity index (χ4v) is 8.40. The molecule has 38 heavy (non-hydrogen) atoms. The molecule has 8 nitrogen and oxygen atoms in total. The van der Waals surface area contributed by atoms with Crippen molar-refractivity contribution in [2.45, 2.75) is 91.3 Å². The van der Waals surface area contributed by atoms with Gasteiger partial charge in [0.15, 0.2) is 5.78 Å². The van der Waals surface area contributed by atoms with Gasteiger partial charge in [-0.15, -0.1) is 22.7 Å². The number of hydrogen-bond acceptors (Lipinski definition) is 7. The van der Waals surface area contributed by atoms with Crippen molar-refractivity contribution in [1.82, 2.24) is 10.2 Å². The molecular weight excluding hydrogens is 520 g/mol. The number of amides is 3. The number of anilines is 2. The lowest BCUT2D eigenvalue weighted by atomic mass is 9.94. The summed E-state index contributed by atoms with van der Waals surface area (Å²) in [5.41, 5.74) is 3.69. The Kier molecular flexibility index (Phi) is 7.73. The summed E-state index contributed by atoms with van der Waals surface area (Å²) in [5, 5.41) is 7.94. The number of ketones is 1. The van der Waals surface area contributed by atoms with Crippen molar-refractivity contribution >= 4 is 50.6 Å². The van der Waals surface area contributed by atoms with Gasteiger partial charge in [0.2, 0.25) is 0 Å². The van der Waals surface area contributed by atoms with Crippen LogP contribution >= 0.6 is 22.7 Å². The summed E-state index contributed by atoms with van der Waals surface area (Å²) >= 11 is 3.29. The van der Waals surface area contributed by atoms with Crippen LogP contribution in [-0.2, 0) is 37.1 Å². The third kappa shape index (κ3) is 5.71. The van der Waals surface area contributed by atoms with Crippen LogP contribution in [0, 0.1) is 0 Å². The molecule has 1 aliphatic carbocycles. The summed E-state index contributed by atoms with van der Waals surface area (Å²) in [4.78, 5) is 44.8. The van der Waals surface area contributed by atoms with Crippen LogP contribution in [0.3, 0.4) is 0 Å². The maximum Gasteiger partial charge on any atom is 0.410 e. The number of nitrogens with one attached hydrogen (secondary N) is 2. The lowest BCUT2D eigenvalue weighted by Gasteiger charge is -2.30. The minimum atomic E-state index is -0.528. The number of ether oxygens (including phenoxy) is 1. The Hall–Kier alpha value is -2.59. The summed E-state index contributed by atoms with van der Waals surface area (Å²) in [7, 11) is 0. The molecule has 5 rings (SSSR count). The smallest absolute Gasteiger partial charge is 0.410 e. The number of urea groups is 1. The maximum absolute atomic E-state index is 13.1. The lowest BCUT2D eigenvalue weighted by Crippen LogP contribution is -2.39. The zero-order valence-electron chi connectivity index (χ0n) is 22.8. The van der Waals surface area contributed by atoms with Crippen molar-refractivity contribution in [3.63, 3.8) is 0 Å². The fourth-order valence-electron chi connectivity index (χ4n) is 5.64. The first kappa shape index (κ1) is 27.0. The Morgan fingerprint density at radius 3 is 2.37 bits per heavy atom. The Morgan fingerprint density at radius 2 is 1.66 bits per heavy atom. The van der Waals surface area contributed by atoms with Crippen LogP contribution in [0.15, 0.2) is 0 Å². The molecule has 1 fully saturated rings. The number of nitrogens with zero attached hydrogens (tertiary/aromatic N) is 2. The van der Waals surface area contributed by atoms with Crippen LogP contribution in [0.1, 0.15) is 90.2 Å². The SMILES string of the molecule is CC(=O)c1c(NC(=O)NCc2c(N3CCCC3)sc3c2CCN(C(=O)OC(C)(C)C)C3)sc2c1CCCC2. The molecule has 4 heterocycles. The number of carbonyl (C=O) groups is 3. The van der Waals surface area contributed by atoms with Crippen LogP contribution < -0.4 is 15.5 Å². The van der Waals surface area contributed by atoms with Gasteiger partial charge in [-0.3, -0.25) is 10.1 Å². The van der Waals surface area contributed by atoms with Gasteiger partial charge in [-0.1, -0.05) is 0 Å². The van der Waals surface area contributed by atoms with E-state index in [0.29, 0.717) is 30.2 Å². The van der Waals surface area contributed by atoms with Crippen LogP contribution in [0.5, 0.6) is 0 Å². The Labute approximate surface area is 232 Å². The van der Waals surface area contributed by atoms with E-state index in [1.54, 1.807) is 34.5 Å². The number of rotatable bonds is 5. The highest BCUT2D eigenvalue weighted by Gasteiger charge is 2.32. The summed E-state index contributed by atoms with van der Waals surface area (Å²) < 4.78 is 5.61.